The Bertz CT molecular complexity index is 1620. The van der Waals surface area contributed by atoms with Crippen LogP contribution in [0.3, 0.4) is 0 Å². The number of allylic oxidation sites excluding steroid dienone is 1. The van der Waals surface area contributed by atoms with E-state index in [2.05, 4.69) is 49.1 Å². The van der Waals surface area contributed by atoms with Crippen LogP contribution in [0.4, 0.5) is 17.3 Å². The Morgan fingerprint density at radius 3 is 2.51 bits per heavy atom. The molecule has 3 aromatic heterocycles. The number of benzene rings is 1. The minimum atomic E-state index is -1.14. The number of aromatic nitrogens is 5. The van der Waals surface area contributed by atoms with Crippen LogP contribution in [0.1, 0.15) is 32.4 Å². The molecule has 11 nitrogen and oxygen atoms in total. The van der Waals surface area contributed by atoms with Crippen LogP contribution in [-0.2, 0) is 12.1 Å². The molecule has 0 amide bonds. The zero-order chi connectivity index (χ0) is 30.0. The van der Waals surface area contributed by atoms with Gasteiger partial charge in [0.15, 0.2) is 11.5 Å². The third kappa shape index (κ3) is 6.34. The van der Waals surface area contributed by atoms with E-state index in [4.69, 9.17) is 4.98 Å². The van der Waals surface area contributed by atoms with Crippen molar-refractivity contribution in [3.05, 3.63) is 77.4 Å². The van der Waals surface area contributed by atoms with E-state index in [1.165, 1.54) is 29.8 Å². The number of hydrogen-bond acceptors (Lipinski definition) is 9. The number of anilines is 3. The summed E-state index contributed by atoms with van der Waals surface area (Å²) in [6.45, 7) is 15.2. The van der Waals surface area contributed by atoms with Crippen molar-refractivity contribution in [3.63, 3.8) is 0 Å². The smallest absolute Gasteiger partial charge is 0.278 e. The van der Waals surface area contributed by atoms with Gasteiger partial charge in [0.25, 0.3) is 5.56 Å². The Labute approximate surface area is 251 Å². The fourth-order valence-corrected chi connectivity index (χ4v) is 5.99. The van der Waals surface area contributed by atoms with Crippen molar-refractivity contribution in [2.45, 2.75) is 38.8 Å². The Morgan fingerprint density at radius 2 is 1.81 bits per heavy atom. The van der Waals surface area contributed by atoms with E-state index < -0.39 is 5.60 Å². The molecular weight excluding hydrogens is 542 g/mol. The first-order chi connectivity index (χ1) is 20.8. The van der Waals surface area contributed by atoms with Crippen LogP contribution in [-0.4, -0.2) is 80.1 Å². The predicted octanol–water partition coefficient (Wildman–Crippen LogP) is 3.26. The highest BCUT2D eigenvalue weighted by atomic mass is 16.3. The number of nitrogens with one attached hydrogen (secondary N) is 2. The zero-order valence-corrected chi connectivity index (χ0v) is 25.0. The molecule has 2 aliphatic rings. The molecule has 6 rings (SSSR count). The van der Waals surface area contributed by atoms with Crippen LogP contribution >= 0.6 is 0 Å². The molecule has 0 bridgehead atoms. The first-order valence-electron chi connectivity index (χ1n) is 15.1. The standard InChI is InChI=1S/C32H41N9O2/c1-4-16-40-30(42)26-21-34-31(37-29(26)41(40)28-7-5-6-27(36-28)32(2,3)43)35-24-8-10-25(11-9-24)39-19-17-38(18-20-39)22-23-12-14-33-15-13-23/h4-11,21,23,33,43H,1,12-20,22H2,2-3H3,(H,34,35,37). The lowest BCUT2D eigenvalue weighted by atomic mass is 9.97. The van der Waals surface area contributed by atoms with Crippen LogP contribution in [0.25, 0.3) is 16.9 Å². The average Bonchev–Trinajstić information content (AvgIpc) is 3.28. The summed E-state index contributed by atoms with van der Waals surface area (Å²) in [5.41, 5.74) is 1.59. The molecule has 2 aliphatic heterocycles. The van der Waals surface area contributed by atoms with Crippen LogP contribution in [0, 0.1) is 5.92 Å². The van der Waals surface area contributed by atoms with Gasteiger partial charge in [-0.05, 0) is 82.1 Å². The molecule has 0 unspecified atom stereocenters. The van der Waals surface area contributed by atoms with E-state index >= 15 is 0 Å². The van der Waals surface area contributed by atoms with Crippen molar-refractivity contribution in [2.75, 3.05) is 56.0 Å². The summed E-state index contributed by atoms with van der Waals surface area (Å²) in [4.78, 5) is 32.2. The first kappa shape index (κ1) is 29.0. The van der Waals surface area contributed by atoms with Crippen molar-refractivity contribution < 1.29 is 5.11 Å². The van der Waals surface area contributed by atoms with E-state index in [-0.39, 0.29) is 12.1 Å². The highest BCUT2D eigenvalue weighted by Gasteiger charge is 2.23. The van der Waals surface area contributed by atoms with Crippen molar-refractivity contribution in [1.82, 2.24) is 34.5 Å². The number of nitrogens with zero attached hydrogens (tertiary/aromatic N) is 7. The van der Waals surface area contributed by atoms with Crippen molar-refractivity contribution in [3.8, 4) is 5.82 Å². The molecule has 0 radical (unpaired) electrons. The van der Waals surface area contributed by atoms with Gasteiger partial charge in [0.05, 0.1) is 12.2 Å². The summed E-state index contributed by atoms with van der Waals surface area (Å²) in [5.74, 6) is 1.66. The molecule has 4 aromatic rings. The van der Waals surface area contributed by atoms with E-state index in [9.17, 15) is 9.90 Å². The van der Waals surface area contributed by atoms with Crippen molar-refractivity contribution in [1.29, 1.82) is 0 Å². The molecule has 2 fully saturated rings. The maximum atomic E-state index is 13.3. The van der Waals surface area contributed by atoms with Crippen LogP contribution in [0.5, 0.6) is 0 Å². The fourth-order valence-electron chi connectivity index (χ4n) is 5.99. The molecule has 5 heterocycles. The SMILES string of the molecule is C=CCn1c(=O)c2cnc(Nc3ccc(N4CCN(CC5CCNCC5)CC4)cc3)nc2n1-c1cccc(C(C)(C)O)n1. The normalized spacial score (nSPS) is 17.0. The average molecular weight is 584 g/mol. The van der Waals surface area contributed by atoms with E-state index in [1.807, 2.05) is 12.1 Å². The number of fused-ring (bicyclic) bond motifs is 1. The molecule has 2 saturated heterocycles. The van der Waals surface area contributed by atoms with Crippen LogP contribution in [0.2, 0.25) is 0 Å². The maximum absolute atomic E-state index is 13.3. The summed E-state index contributed by atoms with van der Waals surface area (Å²) >= 11 is 0. The summed E-state index contributed by atoms with van der Waals surface area (Å²) in [5, 5.41) is 17.7. The highest BCUT2D eigenvalue weighted by Crippen LogP contribution is 2.24. The first-order valence-corrected chi connectivity index (χ1v) is 15.1. The highest BCUT2D eigenvalue weighted by molar-refractivity contribution is 5.77. The quantitative estimate of drug-likeness (QED) is 0.255. The third-order valence-corrected chi connectivity index (χ3v) is 8.39. The minimum absolute atomic E-state index is 0.239. The molecule has 1 aromatic carbocycles. The fraction of sp³-hybridized carbons (Fsp3) is 0.438. The Kier molecular flexibility index (Phi) is 8.29. The second-order valence-electron chi connectivity index (χ2n) is 12.0. The molecule has 226 valence electrons. The minimum Gasteiger partial charge on any atom is -0.384 e. The second kappa shape index (κ2) is 12.3. The summed E-state index contributed by atoms with van der Waals surface area (Å²) in [6, 6.07) is 13.7. The largest absolute Gasteiger partial charge is 0.384 e. The van der Waals surface area contributed by atoms with Crippen LogP contribution < -0.4 is 21.1 Å². The van der Waals surface area contributed by atoms with E-state index in [0.29, 0.717) is 28.5 Å². The number of hydrogen-bond donors (Lipinski definition) is 3. The lowest BCUT2D eigenvalue weighted by Gasteiger charge is -2.38. The van der Waals surface area contributed by atoms with Crippen LogP contribution in [0.15, 0.2) is 66.1 Å². The van der Waals surface area contributed by atoms with Gasteiger partial charge in [-0.3, -0.25) is 9.69 Å². The number of rotatable bonds is 9. The number of piperidine rings is 1. The maximum Gasteiger partial charge on any atom is 0.278 e. The van der Waals surface area contributed by atoms with Gasteiger partial charge in [-0.1, -0.05) is 12.1 Å². The number of pyridine rings is 1. The zero-order valence-electron chi connectivity index (χ0n) is 25.0. The van der Waals surface area contributed by atoms with Gasteiger partial charge in [-0.25, -0.2) is 19.3 Å². The number of piperazine rings is 1. The Morgan fingerprint density at radius 1 is 1.07 bits per heavy atom. The summed E-state index contributed by atoms with van der Waals surface area (Å²) in [6.07, 6.45) is 5.77. The Balaban J connectivity index is 1.19. The van der Waals surface area contributed by atoms with Gasteiger partial charge < -0.3 is 20.6 Å². The molecule has 43 heavy (non-hydrogen) atoms. The molecule has 11 heteroatoms. The lowest BCUT2D eigenvalue weighted by molar-refractivity contribution is 0.0738. The van der Waals surface area contributed by atoms with Gasteiger partial charge in [-0.15, -0.1) is 6.58 Å². The molecule has 0 spiro atoms. The van der Waals surface area contributed by atoms with Gasteiger partial charge in [-0.2, -0.15) is 4.98 Å². The van der Waals surface area contributed by atoms with Crippen molar-refractivity contribution in [2.24, 2.45) is 5.92 Å². The lowest BCUT2D eigenvalue weighted by Crippen LogP contribution is -2.48. The predicted molar refractivity (Wildman–Crippen MR) is 170 cm³/mol. The van der Waals surface area contributed by atoms with Gasteiger partial charge in [0.1, 0.15) is 11.0 Å². The van der Waals surface area contributed by atoms with Gasteiger partial charge in [0.2, 0.25) is 5.95 Å². The monoisotopic (exact) mass is 583 g/mol. The third-order valence-electron chi connectivity index (χ3n) is 8.39. The molecule has 0 atom stereocenters. The molecule has 3 N–H and O–H groups in total. The van der Waals surface area contributed by atoms with Crippen molar-refractivity contribution >= 4 is 28.4 Å². The summed E-state index contributed by atoms with van der Waals surface area (Å²) < 4.78 is 3.18. The van der Waals surface area contributed by atoms with Gasteiger partial charge >= 0.3 is 0 Å². The van der Waals surface area contributed by atoms with E-state index in [1.54, 1.807) is 49.0 Å². The van der Waals surface area contributed by atoms with E-state index in [0.717, 1.165) is 50.9 Å². The topological polar surface area (TPSA) is 116 Å². The Hall–Kier alpha value is -4.06. The summed E-state index contributed by atoms with van der Waals surface area (Å²) in [7, 11) is 0. The second-order valence-corrected chi connectivity index (χ2v) is 12.0. The molecule has 0 aliphatic carbocycles. The molecular formula is C32H41N9O2. The van der Waals surface area contributed by atoms with Gasteiger partial charge in [0, 0.05) is 50.3 Å². The molecule has 0 saturated carbocycles. The number of aliphatic hydroxyl groups is 1.